The Morgan fingerprint density at radius 2 is 2.26 bits per heavy atom. The molecule has 19 heavy (non-hydrogen) atoms. The van der Waals surface area contributed by atoms with E-state index >= 15 is 0 Å². The average Bonchev–Trinajstić information content (AvgIpc) is 2.73. The minimum absolute atomic E-state index is 0.162. The van der Waals surface area contributed by atoms with Crippen molar-refractivity contribution in [1.29, 1.82) is 0 Å². The Morgan fingerprint density at radius 1 is 1.53 bits per heavy atom. The van der Waals surface area contributed by atoms with Crippen LogP contribution >= 0.6 is 11.3 Å². The van der Waals surface area contributed by atoms with Gasteiger partial charge in [0.15, 0.2) is 5.13 Å². The quantitative estimate of drug-likeness (QED) is 0.744. The summed E-state index contributed by atoms with van der Waals surface area (Å²) >= 11 is 1.54. The van der Waals surface area contributed by atoms with Crippen LogP contribution in [0.1, 0.15) is 32.9 Å². The highest BCUT2D eigenvalue weighted by Crippen LogP contribution is 2.21. The Balaban J connectivity index is 2.46. The molecule has 0 aliphatic heterocycles. The predicted molar refractivity (Wildman–Crippen MR) is 76.6 cm³/mol. The van der Waals surface area contributed by atoms with E-state index in [1.54, 1.807) is 14.0 Å². The van der Waals surface area contributed by atoms with Crippen molar-refractivity contribution < 1.29 is 14.3 Å². The van der Waals surface area contributed by atoms with E-state index in [4.69, 9.17) is 9.47 Å². The summed E-state index contributed by atoms with van der Waals surface area (Å²) in [5, 5.41) is 6.13. The van der Waals surface area contributed by atoms with Gasteiger partial charge in [0.2, 0.25) is 0 Å². The molecule has 0 bridgehead atoms. The molecule has 1 N–H and O–H groups in total. The summed E-state index contributed by atoms with van der Waals surface area (Å²) in [5.41, 5.74) is 0.749. The van der Waals surface area contributed by atoms with Crippen LogP contribution in [0.4, 0.5) is 5.13 Å². The Hall–Kier alpha value is -1.14. The van der Waals surface area contributed by atoms with E-state index in [1.165, 1.54) is 11.3 Å². The lowest BCUT2D eigenvalue weighted by atomic mass is 10.1. The fourth-order valence-corrected chi connectivity index (χ4v) is 2.55. The summed E-state index contributed by atoms with van der Waals surface area (Å²) in [7, 11) is 1.68. The fraction of sp³-hybridized carbons (Fsp3) is 0.692. The molecule has 0 radical (unpaired) electrons. The molecule has 0 fully saturated rings. The first-order valence-electron chi connectivity index (χ1n) is 6.34. The van der Waals surface area contributed by atoms with Crippen LogP contribution in [0.15, 0.2) is 5.38 Å². The first-order chi connectivity index (χ1) is 8.96. The standard InChI is InChI=1S/C13H22N2O3S/c1-5-18-11(16)7-6-10-8-19-12(14-10)15-13(2,3)9-17-4/h8H,5-7,9H2,1-4H3,(H,14,15). The molecule has 1 aromatic rings. The lowest BCUT2D eigenvalue weighted by molar-refractivity contribution is -0.143. The number of nitrogens with one attached hydrogen (secondary N) is 1. The van der Waals surface area contributed by atoms with Gasteiger partial charge in [-0.1, -0.05) is 0 Å². The molecule has 0 saturated heterocycles. The summed E-state index contributed by atoms with van der Waals surface area (Å²) in [5.74, 6) is -0.176. The number of anilines is 1. The van der Waals surface area contributed by atoms with Crippen molar-refractivity contribution in [2.75, 3.05) is 25.6 Å². The van der Waals surface area contributed by atoms with Crippen molar-refractivity contribution in [3.05, 3.63) is 11.1 Å². The van der Waals surface area contributed by atoms with E-state index < -0.39 is 0 Å². The first-order valence-corrected chi connectivity index (χ1v) is 7.22. The molecular formula is C13H22N2O3S. The van der Waals surface area contributed by atoms with Gasteiger partial charge in [-0.05, 0) is 20.8 Å². The van der Waals surface area contributed by atoms with Gasteiger partial charge in [0.25, 0.3) is 0 Å². The summed E-state index contributed by atoms with van der Waals surface area (Å²) in [6, 6.07) is 0. The number of methoxy groups -OCH3 is 1. The number of hydrogen-bond acceptors (Lipinski definition) is 6. The highest BCUT2D eigenvalue weighted by atomic mass is 32.1. The van der Waals surface area contributed by atoms with Crippen molar-refractivity contribution >= 4 is 22.4 Å². The summed E-state index contributed by atoms with van der Waals surface area (Å²) in [6.45, 7) is 6.94. The Bertz CT molecular complexity index is 404. The van der Waals surface area contributed by atoms with E-state index in [2.05, 4.69) is 24.1 Å². The zero-order valence-corrected chi connectivity index (χ0v) is 12.8. The van der Waals surface area contributed by atoms with Crippen LogP contribution in [0, 0.1) is 0 Å². The van der Waals surface area contributed by atoms with E-state index in [-0.39, 0.29) is 11.5 Å². The smallest absolute Gasteiger partial charge is 0.306 e. The number of hydrogen-bond donors (Lipinski definition) is 1. The molecule has 0 aliphatic rings. The molecule has 0 amide bonds. The molecule has 1 aromatic heterocycles. The zero-order valence-electron chi connectivity index (χ0n) is 12.0. The summed E-state index contributed by atoms with van der Waals surface area (Å²) in [4.78, 5) is 15.7. The number of thiazole rings is 1. The second kappa shape index (κ2) is 7.45. The lowest BCUT2D eigenvalue weighted by Gasteiger charge is -2.24. The molecule has 108 valence electrons. The Kier molecular flexibility index (Phi) is 6.24. The van der Waals surface area contributed by atoms with Crippen molar-refractivity contribution in [3.8, 4) is 0 Å². The monoisotopic (exact) mass is 286 g/mol. The second-order valence-corrected chi connectivity index (χ2v) is 5.75. The highest BCUT2D eigenvalue weighted by Gasteiger charge is 2.18. The van der Waals surface area contributed by atoms with Crippen molar-refractivity contribution in [3.63, 3.8) is 0 Å². The number of nitrogens with zero attached hydrogens (tertiary/aromatic N) is 1. The van der Waals surface area contributed by atoms with Gasteiger partial charge in [-0.25, -0.2) is 4.98 Å². The van der Waals surface area contributed by atoms with Gasteiger partial charge in [-0.15, -0.1) is 11.3 Å². The number of aromatic nitrogens is 1. The minimum atomic E-state index is -0.176. The number of ether oxygens (including phenoxy) is 2. The number of carbonyl (C=O) groups excluding carboxylic acids is 1. The molecule has 5 nitrogen and oxygen atoms in total. The number of aryl methyl sites for hydroxylation is 1. The van der Waals surface area contributed by atoms with Gasteiger partial charge in [0, 0.05) is 18.9 Å². The summed E-state index contributed by atoms with van der Waals surface area (Å²) < 4.78 is 10.0. The van der Waals surface area contributed by atoms with Crippen LogP contribution in [-0.2, 0) is 20.7 Å². The van der Waals surface area contributed by atoms with Crippen LogP contribution in [0.25, 0.3) is 0 Å². The fourth-order valence-electron chi connectivity index (χ4n) is 1.63. The molecule has 0 spiro atoms. The third-order valence-electron chi connectivity index (χ3n) is 2.39. The van der Waals surface area contributed by atoms with Gasteiger partial charge in [0.05, 0.1) is 30.9 Å². The summed E-state index contributed by atoms with van der Waals surface area (Å²) in [6.07, 6.45) is 0.986. The normalized spacial score (nSPS) is 11.4. The van der Waals surface area contributed by atoms with Crippen LogP contribution in [0.3, 0.4) is 0 Å². The molecule has 1 heterocycles. The van der Waals surface area contributed by atoms with Gasteiger partial charge in [-0.2, -0.15) is 0 Å². The molecule has 0 atom stereocenters. The van der Waals surface area contributed by atoms with Crippen LogP contribution in [-0.4, -0.2) is 36.8 Å². The molecule has 0 saturated carbocycles. The van der Waals surface area contributed by atoms with Crippen LogP contribution in [0.2, 0.25) is 0 Å². The first kappa shape index (κ1) is 15.9. The SMILES string of the molecule is CCOC(=O)CCc1csc(NC(C)(C)COC)n1. The molecule has 0 aromatic carbocycles. The van der Waals surface area contributed by atoms with Gasteiger partial charge in [-0.3, -0.25) is 4.79 Å². The minimum Gasteiger partial charge on any atom is -0.466 e. The number of esters is 1. The maximum atomic E-state index is 11.3. The molecule has 0 aliphatic carbocycles. The number of rotatable bonds is 8. The maximum Gasteiger partial charge on any atom is 0.306 e. The Labute approximate surface area is 118 Å². The van der Waals surface area contributed by atoms with Gasteiger partial charge < -0.3 is 14.8 Å². The zero-order chi connectivity index (χ0) is 14.3. The molecular weight excluding hydrogens is 264 g/mol. The molecule has 0 unspecified atom stereocenters. The maximum absolute atomic E-state index is 11.3. The Morgan fingerprint density at radius 3 is 2.89 bits per heavy atom. The largest absolute Gasteiger partial charge is 0.466 e. The van der Waals surface area contributed by atoms with E-state index in [9.17, 15) is 4.79 Å². The van der Waals surface area contributed by atoms with Crippen molar-refractivity contribution in [2.24, 2.45) is 0 Å². The van der Waals surface area contributed by atoms with E-state index in [0.29, 0.717) is 26.1 Å². The van der Waals surface area contributed by atoms with Crippen molar-refractivity contribution in [2.45, 2.75) is 39.2 Å². The molecule has 1 rings (SSSR count). The predicted octanol–water partition coefficient (Wildman–Crippen LogP) is 2.48. The van der Waals surface area contributed by atoms with Gasteiger partial charge >= 0.3 is 5.97 Å². The third kappa shape index (κ3) is 6.02. The highest BCUT2D eigenvalue weighted by molar-refractivity contribution is 7.13. The van der Waals surface area contributed by atoms with E-state index in [1.807, 2.05) is 5.38 Å². The average molecular weight is 286 g/mol. The van der Waals surface area contributed by atoms with Crippen LogP contribution < -0.4 is 5.32 Å². The topological polar surface area (TPSA) is 60.5 Å². The third-order valence-corrected chi connectivity index (χ3v) is 3.20. The second-order valence-electron chi connectivity index (χ2n) is 4.89. The van der Waals surface area contributed by atoms with Crippen LogP contribution in [0.5, 0.6) is 0 Å². The van der Waals surface area contributed by atoms with E-state index in [0.717, 1.165) is 10.8 Å². The van der Waals surface area contributed by atoms with Gasteiger partial charge in [0.1, 0.15) is 0 Å². The molecule has 6 heteroatoms. The number of carbonyl (C=O) groups is 1. The lowest BCUT2D eigenvalue weighted by Crippen LogP contribution is -2.35. The van der Waals surface area contributed by atoms with Crippen molar-refractivity contribution in [1.82, 2.24) is 4.98 Å².